The van der Waals surface area contributed by atoms with Gasteiger partial charge in [-0.25, -0.2) is 14.6 Å². The highest BCUT2D eigenvalue weighted by atomic mass is 35.5. The molecule has 0 saturated carbocycles. The van der Waals surface area contributed by atoms with Crippen LogP contribution in [-0.4, -0.2) is 35.5 Å². The van der Waals surface area contributed by atoms with Crippen molar-refractivity contribution in [2.45, 2.75) is 26.3 Å². The van der Waals surface area contributed by atoms with E-state index < -0.39 is 24.5 Å². The van der Waals surface area contributed by atoms with Gasteiger partial charge in [0.2, 0.25) is 0 Å². The van der Waals surface area contributed by atoms with Gasteiger partial charge in [0, 0.05) is 6.04 Å². The van der Waals surface area contributed by atoms with Gasteiger partial charge in [-0.3, -0.25) is 10.1 Å². The zero-order valence-electron chi connectivity index (χ0n) is 12.8. The first-order valence-electron chi connectivity index (χ1n) is 6.74. The Bertz CT molecular complexity index is 669. The second-order valence-electron chi connectivity index (χ2n) is 4.70. The Morgan fingerprint density at radius 2 is 1.88 bits per heavy atom. The Hall–Kier alpha value is -1.77. The van der Waals surface area contributed by atoms with Crippen LogP contribution >= 0.6 is 34.8 Å². The third-order valence-corrected chi connectivity index (χ3v) is 3.98. The molecule has 24 heavy (non-hydrogen) atoms. The first-order valence-corrected chi connectivity index (χ1v) is 7.88. The van der Waals surface area contributed by atoms with Crippen molar-refractivity contribution >= 4 is 58.4 Å². The minimum Gasteiger partial charge on any atom is -0.451 e. The van der Waals surface area contributed by atoms with Gasteiger partial charge in [0.1, 0.15) is 5.02 Å². The van der Waals surface area contributed by atoms with Crippen molar-refractivity contribution in [3.05, 3.63) is 20.9 Å². The van der Waals surface area contributed by atoms with Crippen molar-refractivity contribution < 1.29 is 19.1 Å². The van der Waals surface area contributed by atoms with E-state index in [1.807, 2.05) is 12.2 Å². The van der Waals surface area contributed by atoms with Crippen LogP contribution in [0.4, 0.5) is 10.5 Å². The van der Waals surface area contributed by atoms with E-state index in [-0.39, 0.29) is 32.6 Å². The number of carbonyl (C=O) groups is 3. The van der Waals surface area contributed by atoms with Crippen molar-refractivity contribution in [3.8, 4) is 0 Å². The van der Waals surface area contributed by atoms with Crippen molar-refractivity contribution in [1.29, 1.82) is 0 Å². The summed E-state index contributed by atoms with van der Waals surface area (Å²) < 4.78 is 4.72. The van der Waals surface area contributed by atoms with Crippen LogP contribution in [0.15, 0.2) is 0 Å². The molecule has 1 aromatic heterocycles. The number of ether oxygens (including phenoxy) is 1. The molecule has 1 heterocycles. The molecular formula is C13H15Cl3N4O4. The summed E-state index contributed by atoms with van der Waals surface area (Å²) in [4.78, 5) is 38.6. The lowest BCUT2D eigenvalue weighted by Crippen LogP contribution is -2.44. The van der Waals surface area contributed by atoms with E-state index in [0.717, 1.165) is 0 Å². The van der Waals surface area contributed by atoms with E-state index in [1.54, 1.807) is 6.92 Å². The summed E-state index contributed by atoms with van der Waals surface area (Å²) in [6.07, 6.45) is 0.694. The van der Waals surface area contributed by atoms with Gasteiger partial charge in [0.15, 0.2) is 17.5 Å². The molecular weight excluding hydrogens is 383 g/mol. The van der Waals surface area contributed by atoms with Gasteiger partial charge in [0.05, 0.1) is 10.7 Å². The molecule has 0 bridgehead atoms. The SMILES string of the molecule is CC[C@@H](C)NC(=O)NC(=O)COC(=O)c1nc(Cl)c(Cl)c(N)c1Cl. The standard InChI is InChI=1S/C13H15Cl3N4O4/c1-3-5(2)18-13(23)19-6(21)4-24-12(22)10-7(14)9(17)8(15)11(16)20-10/h5H,3-4H2,1-2H3,(H2,17,20)(H2,18,19,21,23)/t5-/m1/s1. The largest absolute Gasteiger partial charge is 0.451 e. The zero-order chi connectivity index (χ0) is 18.4. The number of aromatic nitrogens is 1. The Kier molecular flexibility index (Phi) is 7.53. The minimum absolute atomic E-state index is 0.0994. The Morgan fingerprint density at radius 3 is 2.46 bits per heavy atom. The molecule has 1 atom stereocenters. The monoisotopic (exact) mass is 396 g/mol. The molecule has 1 rings (SSSR count). The average Bonchev–Trinajstić information content (AvgIpc) is 2.53. The number of hydrogen-bond donors (Lipinski definition) is 3. The first kappa shape index (κ1) is 20.3. The van der Waals surface area contributed by atoms with Gasteiger partial charge in [-0.1, -0.05) is 41.7 Å². The number of halogens is 3. The first-order chi connectivity index (χ1) is 11.2. The number of rotatable bonds is 5. The molecule has 1 aromatic rings. The topological polar surface area (TPSA) is 123 Å². The number of hydrogen-bond acceptors (Lipinski definition) is 6. The number of pyridine rings is 1. The highest BCUT2D eigenvalue weighted by Crippen LogP contribution is 2.34. The van der Waals surface area contributed by atoms with Gasteiger partial charge in [0.25, 0.3) is 5.91 Å². The van der Waals surface area contributed by atoms with Gasteiger partial charge < -0.3 is 15.8 Å². The molecule has 0 fully saturated rings. The predicted molar refractivity (Wildman–Crippen MR) is 90.4 cm³/mol. The number of carbonyl (C=O) groups excluding carboxylic acids is 3. The fraction of sp³-hybridized carbons (Fsp3) is 0.385. The second kappa shape index (κ2) is 8.91. The second-order valence-corrected chi connectivity index (χ2v) is 5.81. The Balaban J connectivity index is 2.64. The van der Waals surface area contributed by atoms with E-state index in [0.29, 0.717) is 6.42 Å². The fourth-order valence-corrected chi connectivity index (χ4v) is 1.98. The molecule has 0 spiro atoms. The number of nitrogens with one attached hydrogen (secondary N) is 2. The number of imide groups is 1. The number of esters is 1. The fourth-order valence-electron chi connectivity index (χ4n) is 1.39. The van der Waals surface area contributed by atoms with Gasteiger partial charge >= 0.3 is 12.0 Å². The number of urea groups is 1. The van der Waals surface area contributed by atoms with Crippen molar-refractivity contribution in [3.63, 3.8) is 0 Å². The number of nitrogens with two attached hydrogens (primary N) is 1. The minimum atomic E-state index is -1.04. The van der Waals surface area contributed by atoms with Crippen LogP contribution in [0.3, 0.4) is 0 Å². The summed E-state index contributed by atoms with van der Waals surface area (Å²) >= 11 is 17.3. The van der Waals surface area contributed by atoms with E-state index in [2.05, 4.69) is 10.3 Å². The van der Waals surface area contributed by atoms with E-state index >= 15 is 0 Å². The highest BCUT2D eigenvalue weighted by molar-refractivity contribution is 6.46. The number of nitrogen functional groups attached to an aromatic ring is 1. The molecule has 8 nitrogen and oxygen atoms in total. The van der Waals surface area contributed by atoms with Gasteiger partial charge in [-0.05, 0) is 13.3 Å². The summed E-state index contributed by atoms with van der Waals surface area (Å²) in [6, 6.07) is -0.803. The quantitative estimate of drug-likeness (QED) is 0.518. The molecule has 0 aliphatic rings. The normalized spacial score (nSPS) is 11.5. The number of amides is 3. The molecule has 0 aliphatic heterocycles. The van der Waals surface area contributed by atoms with Gasteiger partial charge in [-0.15, -0.1) is 0 Å². The van der Waals surface area contributed by atoms with Crippen LogP contribution < -0.4 is 16.4 Å². The van der Waals surface area contributed by atoms with Gasteiger partial charge in [-0.2, -0.15) is 0 Å². The van der Waals surface area contributed by atoms with Crippen LogP contribution in [0.25, 0.3) is 0 Å². The van der Waals surface area contributed by atoms with Crippen LogP contribution in [0.2, 0.25) is 15.2 Å². The van der Waals surface area contributed by atoms with E-state index in [1.165, 1.54) is 0 Å². The molecule has 0 aromatic carbocycles. The third kappa shape index (κ3) is 5.40. The maximum atomic E-state index is 11.9. The third-order valence-electron chi connectivity index (χ3n) is 2.84. The highest BCUT2D eigenvalue weighted by Gasteiger charge is 2.22. The summed E-state index contributed by atoms with van der Waals surface area (Å²) in [7, 11) is 0. The van der Waals surface area contributed by atoms with Crippen LogP contribution in [0, 0.1) is 0 Å². The van der Waals surface area contributed by atoms with Crippen LogP contribution in [-0.2, 0) is 9.53 Å². The summed E-state index contributed by atoms with van der Waals surface area (Å²) in [5.74, 6) is -1.86. The summed E-state index contributed by atoms with van der Waals surface area (Å²) in [6.45, 7) is 2.92. The predicted octanol–water partition coefficient (Wildman–Crippen LogP) is 2.41. The number of nitrogens with zero attached hydrogens (tertiary/aromatic N) is 1. The Labute approximate surface area is 153 Å². The zero-order valence-corrected chi connectivity index (χ0v) is 15.1. The average molecular weight is 398 g/mol. The lowest BCUT2D eigenvalue weighted by Gasteiger charge is -2.12. The van der Waals surface area contributed by atoms with E-state index in [9.17, 15) is 14.4 Å². The van der Waals surface area contributed by atoms with Crippen molar-refractivity contribution in [2.75, 3.05) is 12.3 Å². The molecule has 4 N–H and O–H groups in total. The lowest BCUT2D eigenvalue weighted by molar-refractivity contribution is -0.123. The maximum Gasteiger partial charge on any atom is 0.359 e. The summed E-state index contributed by atoms with van der Waals surface area (Å²) in [5, 5.41) is 3.94. The molecule has 3 amide bonds. The van der Waals surface area contributed by atoms with Crippen molar-refractivity contribution in [2.24, 2.45) is 0 Å². The molecule has 11 heteroatoms. The van der Waals surface area contributed by atoms with Crippen molar-refractivity contribution in [1.82, 2.24) is 15.6 Å². The molecule has 0 unspecified atom stereocenters. The Morgan fingerprint density at radius 1 is 1.25 bits per heavy atom. The molecule has 132 valence electrons. The lowest BCUT2D eigenvalue weighted by atomic mass is 10.3. The molecule has 0 saturated heterocycles. The number of anilines is 1. The molecule has 0 radical (unpaired) electrons. The molecule has 0 aliphatic carbocycles. The smallest absolute Gasteiger partial charge is 0.359 e. The maximum absolute atomic E-state index is 11.9. The van der Waals surface area contributed by atoms with Crippen LogP contribution in [0.5, 0.6) is 0 Å². The summed E-state index contributed by atoms with van der Waals surface area (Å²) in [5.41, 5.74) is 5.05. The van der Waals surface area contributed by atoms with E-state index in [4.69, 9.17) is 45.3 Å². The van der Waals surface area contributed by atoms with Crippen LogP contribution in [0.1, 0.15) is 30.8 Å².